The number of benzene rings is 1. The minimum Gasteiger partial charge on any atom is -0.339 e. The smallest absolute Gasteiger partial charge is 0.222 e. The van der Waals surface area contributed by atoms with E-state index in [0.717, 1.165) is 44.0 Å². The number of nitrogens with zero attached hydrogens (tertiary/aromatic N) is 1. The lowest BCUT2D eigenvalue weighted by atomic mass is 10.0. The molecule has 2 atom stereocenters. The first kappa shape index (κ1) is 18.8. The van der Waals surface area contributed by atoms with Crippen molar-refractivity contribution in [3.05, 3.63) is 35.4 Å². The first-order valence-electron chi connectivity index (χ1n) is 7.43. The molecule has 1 aliphatic rings. The Morgan fingerprint density at radius 3 is 2.82 bits per heavy atom. The van der Waals surface area contributed by atoms with Crippen molar-refractivity contribution in [3.8, 4) is 0 Å². The molecule has 1 aromatic carbocycles. The lowest BCUT2D eigenvalue weighted by molar-refractivity contribution is -0.132. The van der Waals surface area contributed by atoms with Crippen molar-refractivity contribution in [2.24, 2.45) is 0 Å². The second-order valence-corrected chi connectivity index (χ2v) is 5.68. The van der Waals surface area contributed by atoms with Crippen LogP contribution in [0.1, 0.15) is 44.2 Å². The summed E-state index contributed by atoms with van der Waals surface area (Å²) >= 11 is 0. The maximum atomic E-state index is 13.8. The van der Waals surface area contributed by atoms with Gasteiger partial charge < -0.3 is 10.2 Å². The molecule has 1 fully saturated rings. The largest absolute Gasteiger partial charge is 0.339 e. The van der Waals surface area contributed by atoms with Crippen molar-refractivity contribution in [2.45, 2.75) is 44.7 Å². The van der Waals surface area contributed by atoms with Gasteiger partial charge in [0.25, 0.3) is 0 Å². The number of nitrogens with one attached hydrogen (secondary N) is 1. The molecule has 1 amide bonds. The Labute approximate surface area is 136 Å². The molecule has 2 unspecified atom stereocenters. The minimum absolute atomic E-state index is 0. The van der Waals surface area contributed by atoms with Gasteiger partial charge >= 0.3 is 0 Å². The molecule has 124 valence electrons. The number of carbonyl (C=O) groups excluding carboxylic acids is 1. The van der Waals surface area contributed by atoms with E-state index < -0.39 is 17.7 Å². The van der Waals surface area contributed by atoms with E-state index in [1.807, 2.05) is 0 Å². The SMILES string of the molecule is CC(c1cc(F)ccc1F)N(C)C(=O)CCC1CCCN1.Cl. The van der Waals surface area contributed by atoms with Gasteiger partial charge in [-0.2, -0.15) is 0 Å². The average Bonchev–Trinajstić information content (AvgIpc) is 2.99. The van der Waals surface area contributed by atoms with Crippen molar-refractivity contribution in [1.29, 1.82) is 0 Å². The second kappa shape index (κ2) is 8.44. The zero-order valence-corrected chi connectivity index (χ0v) is 13.8. The summed E-state index contributed by atoms with van der Waals surface area (Å²) in [6, 6.07) is 3.26. The highest BCUT2D eigenvalue weighted by Crippen LogP contribution is 2.24. The summed E-state index contributed by atoms with van der Waals surface area (Å²) in [4.78, 5) is 13.7. The standard InChI is InChI=1S/C16H22F2N2O.ClH/c1-11(14-10-12(17)5-7-15(14)18)20(2)16(21)8-6-13-4-3-9-19-13;/h5,7,10-11,13,19H,3-4,6,8-9H2,1-2H3;1H. The van der Waals surface area contributed by atoms with Crippen LogP contribution in [0.15, 0.2) is 18.2 Å². The van der Waals surface area contributed by atoms with Crippen molar-refractivity contribution < 1.29 is 13.6 Å². The normalized spacial score (nSPS) is 18.6. The molecule has 1 aliphatic heterocycles. The summed E-state index contributed by atoms with van der Waals surface area (Å²) in [5, 5.41) is 3.35. The predicted octanol–water partition coefficient (Wildman–Crippen LogP) is 3.44. The van der Waals surface area contributed by atoms with Gasteiger partial charge in [0.05, 0.1) is 6.04 Å². The molecule has 0 aromatic heterocycles. The second-order valence-electron chi connectivity index (χ2n) is 5.68. The summed E-state index contributed by atoms with van der Waals surface area (Å²) < 4.78 is 27.0. The van der Waals surface area contributed by atoms with Gasteiger partial charge in [-0.3, -0.25) is 4.79 Å². The van der Waals surface area contributed by atoms with Crippen molar-refractivity contribution in [1.82, 2.24) is 10.2 Å². The van der Waals surface area contributed by atoms with Crippen molar-refractivity contribution in [2.75, 3.05) is 13.6 Å². The van der Waals surface area contributed by atoms with Crippen LogP contribution < -0.4 is 5.32 Å². The summed E-state index contributed by atoms with van der Waals surface area (Å²) in [5.74, 6) is -1.02. The lowest BCUT2D eigenvalue weighted by Gasteiger charge is -2.26. The van der Waals surface area contributed by atoms with E-state index in [4.69, 9.17) is 0 Å². The van der Waals surface area contributed by atoms with Crippen LogP contribution in [0.3, 0.4) is 0 Å². The van der Waals surface area contributed by atoms with E-state index in [-0.39, 0.29) is 23.9 Å². The van der Waals surface area contributed by atoms with Crippen LogP contribution in [0.4, 0.5) is 8.78 Å². The fourth-order valence-corrected chi connectivity index (χ4v) is 2.74. The van der Waals surface area contributed by atoms with E-state index in [0.29, 0.717) is 12.5 Å². The van der Waals surface area contributed by atoms with Gasteiger partial charge in [-0.15, -0.1) is 12.4 Å². The molecule has 0 radical (unpaired) electrons. The van der Waals surface area contributed by atoms with Crippen LogP contribution in [-0.4, -0.2) is 30.4 Å². The molecule has 3 nitrogen and oxygen atoms in total. The Balaban J connectivity index is 0.00000242. The van der Waals surface area contributed by atoms with Crippen molar-refractivity contribution in [3.63, 3.8) is 0 Å². The zero-order valence-electron chi connectivity index (χ0n) is 12.9. The molecule has 2 rings (SSSR count). The summed E-state index contributed by atoms with van der Waals surface area (Å²) in [5.41, 5.74) is 0.213. The van der Waals surface area contributed by atoms with Crippen LogP contribution in [0.5, 0.6) is 0 Å². The van der Waals surface area contributed by atoms with Crippen LogP contribution >= 0.6 is 12.4 Å². The summed E-state index contributed by atoms with van der Waals surface area (Å²) in [6.07, 6.45) is 3.47. The van der Waals surface area contributed by atoms with E-state index in [1.54, 1.807) is 14.0 Å². The van der Waals surface area contributed by atoms with Gasteiger partial charge in [0.2, 0.25) is 5.91 Å². The minimum atomic E-state index is -0.491. The van der Waals surface area contributed by atoms with Gasteiger partial charge in [-0.25, -0.2) is 8.78 Å². The fourth-order valence-electron chi connectivity index (χ4n) is 2.74. The van der Waals surface area contributed by atoms with Crippen LogP contribution in [-0.2, 0) is 4.79 Å². The quantitative estimate of drug-likeness (QED) is 0.896. The van der Waals surface area contributed by atoms with Crippen LogP contribution in [0, 0.1) is 11.6 Å². The number of amides is 1. The Hall–Kier alpha value is -1.20. The number of carbonyl (C=O) groups is 1. The van der Waals surface area contributed by atoms with E-state index in [1.165, 1.54) is 4.90 Å². The molecule has 22 heavy (non-hydrogen) atoms. The summed E-state index contributed by atoms with van der Waals surface area (Å²) in [6.45, 7) is 2.73. The molecule has 0 saturated carbocycles. The fraction of sp³-hybridized carbons (Fsp3) is 0.562. The average molecular weight is 333 g/mol. The molecule has 0 aliphatic carbocycles. The molecular formula is C16H23ClF2N2O. The van der Waals surface area contributed by atoms with Crippen LogP contribution in [0.25, 0.3) is 0 Å². The molecule has 0 bridgehead atoms. The van der Waals surface area contributed by atoms with E-state index in [2.05, 4.69) is 5.32 Å². The maximum Gasteiger partial charge on any atom is 0.222 e. The van der Waals surface area contributed by atoms with Gasteiger partial charge in [-0.05, 0) is 50.9 Å². The van der Waals surface area contributed by atoms with E-state index >= 15 is 0 Å². The first-order valence-corrected chi connectivity index (χ1v) is 7.43. The monoisotopic (exact) mass is 332 g/mol. The molecule has 6 heteroatoms. The molecule has 1 N–H and O–H groups in total. The highest BCUT2D eigenvalue weighted by molar-refractivity contribution is 5.85. The zero-order chi connectivity index (χ0) is 15.4. The topological polar surface area (TPSA) is 32.3 Å². The number of hydrogen-bond donors (Lipinski definition) is 1. The Morgan fingerprint density at radius 2 is 2.18 bits per heavy atom. The highest BCUT2D eigenvalue weighted by atomic mass is 35.5. The molecule has 1 aromatic rings. The maximum absolute atomic E-state index is 13.8. The molecule has 1 saturated heterocycles. The summed E-state index contributed by atoms with van der Waals surface area (Å²) in [7, 11) is 1.64. The third-order valence-electron chi connectivity index (χ3n) is 4.25. The number of halogens is 3. The van der Waals surface area contributed by atoms with Gasteiger partial charge in [-0.1, -0.05) is 0 Å². The Kier molecular flexibility index (Phi) is 7.23. The predicted molar refractivity (Wildman–Crippen MR) is 85.0 cm³/mol. The van der Waals surface area contributed by atoms with E-state index in [9.17, 15) is 13.6 Å². The molecule has 0 spiro atoms. The third-order valence-corrected chi connectivity index (χ3v) is 4.25. The molecule has 1 heterocycles. The first-order chi connectivity index (χ1) is 9.99. The third kappa shape index (κ3) is 4.65. The van der Waals surface area contributed by atoms with Gasteiger partial charge in [0.1, 0.15) is 11.6 Å². The highest BCUT2D eigenvalue weighted by Gasteiger charge is 2.22. The Morgan fingerprint density at radius 1 is 1.45 bits per heavy atom. The van der Waals surface area contributed by atoms with Crippen molar-refractivity contribution >= 4 is 18.3 Å². The number of hydrogen-bond acceptors (Lipinski definition) is 2. The van der Waals surface area contributed by atoms with Gasteiger partial charge in [0, 0.05) is 25.1 Å². The van der Waals surface area contributed by atoms with Crippen LogP contribution in [0.2, 0.25) is 0 Å². The molecular weight excluding hydrogens is 310 g/mol. The Bertz CT molecular complexity index is 507. The lowest BCUT2D eigenvalue weighted by Crippen LogP contribution is -2.32. The van der Waals surface area contributed by atoms with Gasteiger partial charge in [0.15, 0.2) is 0 Å². The number of rotatable bonds is 5.